The first-order chi connectivity index (χ1) is 11.5. The van der Waals surface area contributed by atoms with Crippen LogP contribution in [-0.2, 0) is 10.9 Å². The lowest BCUT2D eigenvalue weighted by Gasteiger charge is -2.35. The zero-order valence-corrected chi connectivity index (χ0v) is 15.2. The fourth-order valence-corrected chi connectivity index (χ4v) is 3.03. The van der Waals surface area contributed by atoms with E-state index in [4.69, 9.17) is 16.3 Å². The summed E-state index contributed by atoms with van der Waals surface area (Å²) in [5.41, 5.74) is -0.832. The molecule has 0 aliphatic carbocycles. The van der Waals surface area contributed by atoms with Gasteiger partial charge < -0.3 is 15.0 Å². The molecular weight excluding hydrogens is 357 g/mol. The molecule has 1 amide bonds. The minimum Gasteiger partial charge on any atom is -0.444 e. The Labute approximate surface area is 150 Å². The molecule has 1 saturated heterocycles. The van der Waals surface area contributed by atoms with E-state index in [1.54, 1.807) is 20.8 Å². The fourth-order valence-electron chi connectivity index (χ4n) is 2.73. The van der Waals surface area contributed by atoms with E-state index < -0.39 is 23.4 Å². The van der Waals surface area contributed by atoms with Gasteiger partial charge in [0.25, 0.3) is 0 Å². The Balaban J connectivity index is 2.05. The van der Waals surface area contributed by atoms with Crippen LogP contribution in [0.15, 0.2) is 18.2 Å². The number of piperidine rings is 1. The number of hydrogen-bond donors (Lipinski definition) is 1. The summed E-state index contributed by atoms with van der Waals surface area (Å²) < 4.78 is 43.5. The molecule has 1 aromatic carbocycles. The molecule has 25 heavy (non-hydrogen) atoms. The summed E-state index contributed by atoms with van der Waals surface area (Å²) >= 11 is 6.06. The highest BCUT2D eigenvalue weighted by atomic mass is 35.5. The monoisotopic (exact) mass is 378 g/mol. The van der Waals surface area contributed by atoms with E-state index in [-0.39, 0.29) is 11.1 Å². The van der Waals surface area contributed by atoms with Gasteiger partial charge in [0, 0.05) is 19.1 Å². The van der Waals surface area contributed by atoms with Crippen molar-refractivity contribution in [3.63, 3.8) is 0 Å². The van der Waals surface area contributed by atoms with E-state index in [1.165, 1.54) is 6.07 Å². The molecule has 1 unspecified atom stereocenters. The number of carbonyl (C=O) groups is 1. The third-order valence-corrected chi connectivity index (χ3v) is 4.06. The predicted molar refractivity (Wildman–Crippen MR) is 91.1 cm³/mol. The summed E-state index contributed by atoms with van der Waals surface area (Å²) in [7, 11) is 0. The van der Waals surface area contributed by atoms with Crippen molar-refractivity contribution < 1.29 is 22.7 Å². The highest BCUT2D eigenvalue weighted by molar-refractivity contribution is 6.33. The number of amides is 1. The van der Waals surface area contributed by atoms with E-state index in [1.807, 2.05) is 4.90 Å². The van der Waals surface area contributed by atoms with Crippen LogP contribution in [0.1, 0.15) is 39.2 Å². The minimum atomic E-state index is -4.43. The molecule has 0 saturated carbocycles. The van der Waals surface area contributed by atoms with E-state index in [0.717, 1.165) is 25.0 Å². The molecule has 1 N–H and O–H groups in total. The maximum absolute atomic E-state index is 12.7. The second-order valence-corrected chi connectivity index (χ2v) is 7.50. The Morgan fingerprint density at radius 2 is 2.00 bits per heavy atom. The van der Waals surface area contributed by atoms with E-state index in [0.29, 0.717) is 18.8 Å². The Hall–Kier alpha value is -1.63. The number of ether oxygens (including phenoxy) is 1. The van der Waals surface area contributed by atoms with Crippen molar-refractivity contribution in [3.8, 4) is 0 Å². The van der Waals surface area contributed by atoms with Crippen LogP contribution in [0, 0.1) is 0 Å². The van der Waals surface area contributed by atoms with Crippen LogP contribution in [0.5, 0.6) is 0 Å². The van der Waals surface area contributed by atoms with Gasteiger partial charge in [0.2, 0.25) is 0 Å². The van der Waals surface area contributed by atoms with Gasteiger partial charge in [-0.3, -0.25) is 0 Å². The first kappa shape index (κ1) is 19.7. The second kappa shape index (κ2) is 7.32. The predicted octanol–water partition coefficient (Wildman–Crippen LogP) is 4.85. The van der Waals surface area contributed by atoms with Gasteiger partial charge in [-0.2, -0.15) is 13.2 Å². The topological polar surface area (TPSA) is 41.6 Å². The van der Waals surface area contributed by atoms with Crippen molar-refractivity contribution >= 4 is 23.4 Å². The van der Waals surface area contributed by atoms with Gasteiger partial charge >= 0.3 is 12.3 Å². The molecule has 4 nitrogen and oxygen atoms in total. The number of halogens is 4. The average Bonchev–Trinajstić information content (AvgIpc) is 2.44. The molecule has 1 fully saturated rings. The lowest BCUT2D eigenvalue weighted by molar-refractivity contribution is -0.137. The van der Waals surface area contributed by atoms with Crippen LogP contribution in [0.3, 0.4) is 0 Å². The molecule has 0 bridgehead atoms. The molecule has 0 aromatic heterocycles. The average molecular weight is 379 g/mol. The summed E-state index contributed by atoms with van der Waals surface area (Å²) in [6, 6.07) is 3.18. The quantitative estimate of drug-likeness (QED) is 0.799. The Bertz CT molecular complexity index is 629. The van der Waals surface area contributed by atoms with Gasteiger partial charge in [-0.1, -0.05) is 11.6 Å². The summed E-state index contributed by atoms with van der Waals surface area (Å²) in [5, 5.41) is 2.85. The number of carbonyl (C=O) groups excluding carboxylic acids is 1. The number of anilines is 1. The number of alkyl halides is 3. The number of alkyl carbamates (subject to hydrolysis) is 1. The fraction of sp³-hybridized carbons (Fsp3) is 0.588. The maximum atomic E-state index is 12.7. The number of hydrogen-bond acceptors (Lipinski definition) is 3. The van der Waals surface area contributed by atoms with Crippen LogP contribution < -0.4 is 10.2 Å². The molecular formula is C17H22ClF3N2O2. The molecule has 1 heterocycles. The molecule has 1 aromatic rings. The van der Waals surface area contributed by atoms with Crippen LogP contribution in [0.2, 0.25) is 5.02 Å². The molecule has 1 aliphatic rings. The van der Waals surface area contributed by atoms with Crippen LogP contribution in [0.25, 0.3) is 0 Å². The smallest absolute Gasteiger partial charge is 0.416 e. The minimum absolute atomic E-state index is 0.0488. The Kier molecular flexibility index (Phi) is 5.76. The first-order valence-corrected chi connectivity index (χ1v) is 8.45. The molecule has 0 spiro atoms. The van der Waals surface area contributed by atoms with Crippen molar-refractivity contribution in [2.45, 2.75) is 51.4 Å². The van der Waals surface area contributed by atoms with Crippen molar-refractivity contribution in [3.05, 3.63) is 28.8 Å². The van der Waals surface area contributed by atoms with Gasteiger partial charge in [-0.25, -0.2) is 4.79 Å². The first-order valence-electron chi connectivity index (χ1n) is 8.07. The lowest BCUT2D eigenvalue weighted by Crippen LogP contribution is -2.49. The van der Waals surface area contributed by atoms with Gasteiger partial charge in [0.15, 0.2) is 0 Å². The van der Waals surface area contributed by atoms with E-state index in [9.17, 15) is 18.0 Å². The summed E-state index contributed by atoms with van der Waals surface area (Å²) in [6.07, 6.45) is -3.37. The van der Waals surface area contributed by atoms with Crippen molar-refractivity contribution in [1.82, 2.24) is 5.32 Å². The largest absolute Gasteiger partial charge is 0.444 e. The maximum Gasteiger partial charge on any atom is 0.416 e. The van der Waals surface area contributed by atoms with Crippen LogP contribution in [-0.4, -0.2) is 30.8 Å². The standard InChI is InChI=1S/C17H22ClF3N2O2/c1-16(2,3)25-15(24)22-12-5-4-8-23(10-12)14-7-6-11(9-13(14)18)17(19,20)21/h6-7,9,12H,4-5,8,10H2,1-3H3,(H,22,24). The summed E-state index contributed by atoms with van der Waals surface area (Å²) in [6.45, 7) is 6.47. The molecule has 1 aliphatic heterocycles. The number of nitrogens with zero attached hydrogens (tertiary/aromatic N) is 1. The Morgan fingerprint density at radius 3 is 2.56 bits per heavy atom. The zero-order valence-electron chi connectivity index (χ0n) is 14.4. The lowest BCUT2D eigenvalue weighted by atomic mass is 10.0. The van der Waals surface area contributed by atoms with Gasteiger partial charge in [0.05, 0.1) is 16.3 Å². The van der Waals surface area contributed by atoms with Crippen LogP contribution >= 0.6 is 11.6 Å². The van der Waals surface area contributed by atoms with Gasteiger partial charge in [-0.05, 0) is 51.8 Å². The second-order valence-electron chi connectivity index (χ2n) is 7.10. The summed E-state index contributed by atoms with van der Waals surface area (Å²) in [4.78, 5) is 13.8. The van der Waals surface area contributed by atoms with Gasteiger partial charge in [0.1, 0.15) is 5.60 Å². The number of nitrogens with one attached hydrogen (secondary N) is 1. The normalized spacial score (nSPS) is 18.8. The highest BCUT2D eigenvalue weighted by Gasteiger charge is 2.32. The molecule has 2 rings (SSSR count). The van der Waals surface area contributed by atoms with Crippen molar-refractivity contribution in [2.24, 2.45) is 0 Å². The third kappa shape index (κ3) is 5.70. The van der Waals surface area contributed by atoms with Crippen molar-refractivity contribution in [1.29, 1.82) is 0 Å². The zero-order chi connectivity index (χ0) is 18.8. The molecule has 0 radical (unpaired) electrons. The van der Waals surface area contributed by atoms with Crippen LogP contribution in [0.4, 0.5) is 23.7 Å². The third-order valence-electron chi connectivity index (χ3n) is 3.76. The number of rotatable bonds is 2. The summed E-state index contributed by atoms with van der Waals surface area (Å²) in [5.74, 6) is 0. The van der Waals surface area contributed by atoms with E-state index in [2.05, 4.69) is 5.32 Å². The van der Waals surface area contributed by atoms with E-state index >= 15 is 0 Å². The SMILES string of the molecule is CC(C)(C)OC(=O)NC1CCCN(c2ccc(C(F)(F)F)cc2Cl)C1. The van der Waals surface area contributed by atoms with Gasteiger partial charge in [-0.15, -0.1) is 0 Å². The molecule has 1 atom stereocenters. The Morgan fingerprint density at radius 1 is 1.32 bits per heavy atom. The van der Waals surface area contributed by atoms with Crippen molar-refractivity contribution in [2.75, 3.05) is 18.0 Å². The molecule has 140 valence electrons. The number of benzene rings is 1. The highest BCUT2D eigenvalue weighted by Crippen LogP contribution is 2.35. The molecule has 8 heteroatoms.